The van der Waals surface area contributed by atoms with E-state index in [1.165, 1.54) is 28.4 Å². The van der Waals surface area contributed by atoms with Crippen LogP contribution in [0.5, 0.6) is 0 Å². The van der Waals surface area contributed by atoms with Crippen molar-refractivity contribution in [2.45, 2.75) is 25.1 Å². The van der Waals surface area contributed by atoms with Crippen molar-refractivity contribution >= 4 is 40.5 Å². The number of benzene rings is 2. The van der Waals surface area contributed by atoms with Gasteiger partial charge in [0, 0.05) is 74.6 Å². The Kier molecular flexibility index (Phi) is 7.14. The monoisotopic (exact) mass is 581 g/mol. The second-order valence-electron chi connectivity index (χ2n) is 10.3. The number of carbonyl (C=O) groups excluding carboxylic acids is 3. The molecule has 0 N–H and O–H groups in total. The second kappa shape index (κ2) is 10.8. The van der Waals surface area contributed by atoms with E-state index >= 15 is 0 Å². The van der Waals surface area contributed by atoms with Crippen LogP contribution in [0.2, 0.25) is 0 Å². The molecule has 2 fully saturated rings. The number of amides is 2. The largest absolute Gasteiger partial charge is 0.416 e. The normalized spacial score (nSPS) is 18.1. The number of thiazole rings is 1. The summed E-state index contributed by atoms with van der Waals surface area (Å²) in [5.74, 6) is 1.11. The summed E-state index contributed by atoms with van der Waals surface area (Å²) < 4.78 is 39.7. The molecule has 212 valence electrons. The van der Waals surface area contributed by atoms with Crippen molar-refractivity contribution in [3.05, 3.63) is 81.4 Å². The average molecular weight is 582 g/mol. The zero-order valence-corrected chi connectivity index (χ0v) is 22.7. The molecule has 4 heterocycles. The van der Waals surface area contributed by atoms with Gasteiger partial charge in [-0.15, -0.1) is 11.3 Å². The van der Waals surface area contributed by atoms with Crippen LogP contribution in [0.4, 0.5) is 24.5 Å². The fourth-order valence-corrected chi connectivity index (χ4v) is 6.24. The highest BCUT2D eigenvalue weighted by molar-refractivity contribution is 7.11. The van der Waals surface area contributed by atoms with E-state index in [1.807, 2.05) is 23.0 Å². The first-order valence-corrected chi connectivity index (χ1v) is 14.2. The van der Waals surface area contributed by atoms with E-state index in [1.54, 1.807) is 17.6 Å². The molecular weight excluding hydrogens is 555 g/mol. The Hall–Kier alpha value is -3.99. The lowest BCUT2D eigenvalue weighted by atomic mass is 9.96. The highest BCUT2D eigenvalue weighted by Crippen LogP contribution is 2.38. The van der Waals surface area contributed by atoms with Gasteiger partial charge in [0.15, 0.2) is 5.01 Å². The van der Waals surface area contributed by atoms with Gasteiger partial charge in [-0.1, -0.05) is 6.07 Å². The number of alkyl halides is 3. The lowest BCUT2D eigenvalue weighted by Crippen LogP contribution is -2.63. The number of aryl methyl sites for hydroxylation is 1. The van der Waals surface area contributed by atoms with Crippen molar-refractivity contribution < 1.29 is 27.6 Å². The number of fused-ring (bicyclic) bond motifs is 1. The van der Waals surface area contributed by atoms with Crippen LogP contribution in [0.15, 0.2) is 59.7 Å². The van der Waals surface area contributed by atoms with E-state index in [0.29, 0.717) is 36.2 Å². The molecular formula is C29H26F3N5O3S. The van der Waals surface area contributed by atoms with E-state index in [9.17, 15) is 27.6 Å². The van der Waals surface area contributed by atoms with Crippen LogP contribution in [0.3, 0.4) is 0 Å². The van der Waals surface area contributed by atoms with Gasteiger partial charge in [-0.05, 0) is 48.4 Å². The number of piperazine rings is 1. The number of nitrogens with zero attached hydrogens (tertiary/aromatic N) is 5. The summed E-state index contributed by atoms with van der Waals surface area (Å²) >= 11 is 1.35. The third kappa shape index (κ3) is 5.26. The summed E-state index contributed by atoms with van der Waals surface area (Å²) in [6, 6.07) is 10.2. The van der Waals surface area contributed by atoms with E-state index in [2.05, 4.69) is 14.8 Å². The first kappa shape index (κ1) is 27.2. The summed E-state index contributed by atoms with van der Waals surface area (Å²) in [7, 11) is 0. The van der Waals surface area contributed by atoms with Crippen LogP contribution in [-0.4, -0.2) is 77.8 Å². The maximum atomic E-state index is 13.4. The molecule has 2 amide bonds. The van der Waals surface area contributed by atoms with Gasteiger partial charge in [0.1, 0.15) is 11.6 Å². The van der Waals surface area contributed by atoms with Gasteiger partial charge in [-0.2, -0.15) is 13.2 Å². The fraction of sp³-hybridized carbons (Fsp3) is 0.345. The summed E-state index contributed by atoms with van der Waals surface area (Å²) in [6.45, 7) is 4.57. The molecule has 3 aromatic rings. The highest BCUT2D eigenvalue weighted by atomic mass is 32.1. The van der Waals surface area contributed by atoms with Gasteiger partial charge in [0.05, 0.1) is 11.3 Å². The predicted octanol–water partition coefficient (Wildman–Crippen LogP) is 4.12. The molecule has 3 aliphatic heterocycles. The lowest BCUT2D eigenvalue weighted by molar-refractivity contribution is -0.137. The van der Waals surface area contributed by atoms with Crippen molar-refractivity contribution in [2.75, 3.05) is 49.1 Å². The Bertz CT molecular complexity index is 1520. The van der Waals surface area contributed by atoms with Gasteiger partial charge in [0.2, 0.25) is 0 Å². The van der Waals surface area contributed by atoms with Crippen molar-refractivity contribution in [3.8, 4) is 0 Å². The van der Waals surface area contributed by atoms with Gasteiger partial charge in [0.25, 0.3) is 11.8 Å². The molecule has 12 heteroatoms. The molecule has 0 atom stereocenters. The van der Waals surface area contributed by atoms with Gasteiger partial charge in [-0.3, -0.25) is 19.4 Å². The number of hydrogen-bond donors (Lipinski definition) is 0. The second-order valence-corrected chi connectivity index (χ2v) is 11.2. The number of anilines is 2. The maximum Gasteiger partial charge on any atom is 0.416 e. The predicted molar refractivity (Wildman–Crippen MR) is 148 cm³/mol. The smallest absolute Gasteiger partial charge is 0.368 e. The third-order valence-electron chi connectivity index (χ3n) is 7.92. The van der Waals surface area contributed by atoms with Crippen molar-refractivity contribution in [1.82, 2.24) is 14.8 Å². The quantitative estimate of drug-likeness (QED) is 0.432. The fourth-order valence-electron chi connectivity index (χ4n) is 5.64. The Morgan fingerprint density at radius 2 is 1.76 bits per heavy atom. The molecule has 0 aliphatic carbocycles. The molecule has 1 aromatic heterocycles. The van der Waals surface area contributed by atoms with Crippen LogP contribution >= 0.6 is 11.3 Å². The Morgan fingerprint density at radius 3 is 2.44 bits per heavy atom. The minimum Gasteiger partial charge on any atom is -0.368 e. The first-order valence-electron chi connectivity index (χ1n) is 13.3. The Morgan fingerprint density at radius 1 is 0.976 bits per heavy atom. The minimum atomic E-state index is -4.59. The number of halogens is 3. The number of rotatable bonds is 4. The summed E-state index contributed by atoms with van der Waals surface area (Å²) in [6.07, 6.45) is -2.17. The molecule has 8 nitrogen and oxygen atoms in total. The maximum absolute atomic E-state index is 13.4. The molecule has 2 saturated heterocycles. The Labute approximate surface area is 238 Å². The standard InChI is InChI=1S/C29H26F3N5O3S/c30-29(31,32)21-3-1-2-20(14-21)27(39)37-23(18-38)5-4-19-15-22(6-7-25(19)37)36-16-24(17-36)34-9-11-35(12-10-34)28(40)26-33-8-13-41-26/h1-3,6-8,13-15,24H,4-5,9-12,16-17H2. The number of carbonyl (C=O) groups is 2. The molecule has 0 bridgehead atoms. The molecule has 0 unspecified atom stereocenters. The minimum absolute atomic E-state index is 0.0166. The SMILES string of the molecule is O=C=C1CCc2cc(N3CC(N4CCN(C(=O)c5nccs5)CC4)C3)ccc2N1C(=O)c1cccc(C(F)(F)F)c1. The molecule has 0 radical (unpaired) electrons. The van der Waals surface area contributed by atoms with E-state index in [4.69, 9.17) is 0 Å². The molecule has 41 heavy (non-hydrogen) atoms. The zero-order chi connectivity index (χ0) is 28.7. The number of hydrogen-bond acceptors (Lipinski definition) is 7. The van der Waals surface area contributed by atoms with Crippen LogP contribution < -0.4 is 9.80 Å². The molecule has 0 saturated carbocycles. The third-order valence-corrected chi connectivity index (χ3v) is 8.68. The van der Waals surface area contributed by atoms with Crippen LogP contribution in [-0.2, 0) is 17.4 Å². The summed E-state index contributed by atoms with van der Waals surface area (Å²) in [4.78, 5) is 49.4. The average Bonchev–Trinajstić information content (AvgIpc) is 3.50. The molecule has 6 rings (SSSR count). The van der Waals surface area contributed by atoms with Crippen LogP contribution in [0, 0.1) is 0 Å². The number of aromatic nitrogens is 1. The highest BCUT2D eigenvalue weighted by Gasteiger charge is 2.37. The van der Waals surface area contributed by atoms with Gasteiger partial charge < -0.3 is 9.80 Å². The van der Waals surface area contributed by atoms with E-state index in [-0.39, 0.29) is 23.6 Å². The van der Waals surface area contributed by atoms with E-state index < -0.39 is 17.6 Å². The van der Waals surface area contributed by atoms with Gasteiger partial charge >= 0.3 is 6.18 Å². The Balaban J connectivity index is 1.12. The van der Waals surface area contributed by atoms with Crippen LogP contribution in [0.25, 0.3) is 0 Å². The molecule has 0 spiro atoms. The topological polar surface area (TPSA) is 77.1 Å². The molecule has 3 aliphatic rings. The summed E-state index contributed by atoms with van der Waals surface area (Å²) in [5.41, 5.74) is 1.35. The van der Waals surface area contributed by atoms with Crippen molar-refractivity contribution in [1.29, 1.82) is 0 Å². The summed E-state index contributed by atoms with van der Waals surface area (Å²) in [5, 5.41) is 2.32. The number of allylic oxidation sites excluding steroid dienone is 1. The van der Waals surface area contributed by atoms with E-state index in [0.717, 1.165) is 49.6 Å². The van der Waals surface area contributed by atoms with Crippen molar-refractivity contribution in [2.24, 2.45) is 0 Å². The lowest BCUT2D eigenvalue weighted by Gasteiger charge is -2.49. The van der Waals surface area contributed by atoms with Crippen molar-refractivity contribution in [3.63, 3.8) is 0 Å². The first-order chi connectivity index (χ1) is 19.7. The molecule has 2 aromatic carbocycles. The zero-order valence-electron chi connectivity index (χ0n) is 21.9. The van der Waals surface area contributed by atoms with Gasteiger partial charge in [-0.25, -0.2) is 9.78 Å². The van der Waals surface area contributed by atoms with Crippen LogP contribution in [0.1, 0.15) is 37.7 Å².